The van der Waals surface area contributed by atoms with Crippen molar-refractivity contribution in [2.75, 3.05) is 0 Å². The van der Waals surface area contributed by atoms with Gasteiger partial charge >= 0.3 is 0 Å². The van der Waals surface area contributed by atoms with Gasteiger partial charge in [-0.2, -0.15) is 0 Å². The fourth-order valence-corrected chi connectivity index (χ4v) is 5.64. The van der Waals surface area contributed by atoms with Crippen molar-refractivity contribution in [2.45, 2.75) is 70.4 Å². The number of ether oxygens (including phenoxy) is 3. The summed E-state index contributed by atoms with van der Waals surface area (Å²) in [4.78, 5) is 12.0. The lowest BCUT2D eigenvalue weighted by Gasteiger charge is -2.60. The third kappa shape index (κ3) is 2.37. The van der Waals surface area contributed by atoms with Gasteiger partial charge in [-0.1, -0.05) is 32.0 Å². The smallest absolute Gasteiger partial charge is 0.205 e. The van der Waals surface area contributed by atoms with E-state index in [1.807, 2.05) is 37.3 Å². The van der Waals surface area contributed by atoms with Gasteiger partial charge in [0.05, 0.1) is 0 Å². The lowest BCUT2D eigenvalue weighted by molar-refractivity contribution is -0.575. The highest BCUT2D eigenvalue weighted by atomic mass is 17.3. The zero-order valence-electron chi connectivity index (χ0n) is 15.7. The van der Waals surface area contributed by atoms with E-state index in [0.29, 0.717) is 17.8 Å². The molecule has 2 bridgehead atoms. The summed E-state index contributed by atoms with van der Waals surface area (Å²) in [7, 11) is 0. The summed E-state index contributed by atoms with van der Waals surface area (Å²) in [5.41, 5.74) is -0.524. The highest BCUT2D eigenvalue weighted by molar-refractivity contribution is 5.21. The molecule has 5 nitrogen and oxygen atoms in total. The number of benzene rings is 1. The van der Waals surface area contributed by atoms with Crippen LogP contribution in [0.1, 0.15) is 46.5 Å². The molecule has 1 aromatic rings. The molecular weight excluding hydrogens is 332 g/mol. The van der Waals surface area contributed by atoms with Gasteiger partial charge in [0.2, 0.25) is 12.1 Å². The Morgan fingerprint density at radius 2 is 1.81 bits per heavy atom. The maximum absolute atomic E-state index is 6.41. The van der Waals surface area contributed by atoms with Gasteiger partial charge < -0.3 is 14.2 Å². The van der Waals surface area contributed by atoms with E-state index >= 15 is 0 Å². The van der Waals surface area contributed by atoms with Crippen molar-refractivity contribution in [3.8, 4) is 5.75 Å². The molecular formula is C21H28O5. The van der Waals surface area contributed by atoms with Gasteiger partial charge in [0.1, 0.15) is 5.75 Å². The molecule has 4 heterocycles. The Morgan fingerprint density at radius 1 is 1.00 bits per heavy atom. The lowest BCUT2D eigenvalue weighted by atomic mass is 9.58. The van der Waals surface area contributed by atoms with E-state index in [2.05, 4.69) is 13.8 Å². The second kappa shape index (κ2) is 5.93. The third-order valence-corrected chi connectivity index (χ3v) is 7.09. The van der Waals surface area contributed by atoms with Gasteiger partial charge in [0, 0.05) is 18.3 Å². The van der Waals surface area contributed by atoms with Gasteiger partial charge in [-0.25, -0.2) is 9.78 Å². The van der Waals surface area contributed by atoms with E-state index in [9.17, 15) is 0 Å². The van der Waals surface area contributed by atoms with Crippen LogP contribution in [0.4, 0.5) is 0 Å². The summed E-state index contributed by atoms with van der Waals surface area (Å²) in [5.74, 6) is 1.52. The van der Waals surface area contributed by atoms with E-state index in [-0.39, 0.29) is 12.2 Å². The van der Waals surface area contributed by atoms with E-state index in [1.165, 1.54) is 6.42 Å². The van der Waals surface area contributed by atoms with Gasteiger partial charge in [0.15, 0.2) is 11.9 Å². The Kier molecular flexibility index (Phi) is 3.87. The normalized spacial score (nSPS) is 50.0. The van der Waals surface area contributed by atoms with Crippen LogP contribution in [-0.2, 0) is 19.2 Å². The maximum Gasteiger partial charge on any atom is 0.205 e. The number of hydrogen-bond acceptors (Lipinski definition) is 5. The molecule has 1 saturated carbocycles. The minimum Gasteiger partial charge on any atom is -0.465 e. The Hall–Kier alpha value is -1.14. The molecule has 8 atom stereocenters. The minimum absolute atomic E-state index is 0.191. The standard InChI is InChI=1S/C21H28O5/c1-13-9-10-17-14(2)18(22-15-7-5-4-6-8-15)23-19-21(17)16(13)11-12-20(3,24-19)25-26-21/h4-8,13-14,16-19H,9-12H2,1-3H3/t13-,14-,16+,17+,18+,19-,20-,21-/m1/s1. The molecule has 142 valence electrons. The average Bonchev–Trinajstić information content (AvgIpc) is 2.86. The molecule has 1 spiro atoms. The highest BCUT2D eigenvalue weighted by Gasteiger charge is 2.69. The third-order valence-electron chi connectivity index (χ3n) is 7.09. The van der Waals surface area contributed by atoms with Crippen LogP contribution in [0.15, 0.2) is 30.3 Å². The van der Waals surface area contributed by atoms with Crippen LogP contribution in [0, 0.1) is 23.7 Å². The Labute approximate surface area is 154 Å². The summed E-state index contributed by atoms with van der Waals surface area (Å²) in [6, 6.07) is 9.87. The van der Waals surface area contributed by atoms with E-state index < -0.39 is 17.7 Å². The van der Waals surface area contributed by atoms with Crippen molar-refractivity contribution in [1.29, 1.82) is 0 Å². The first-order chi connectivity index (χ1) is 12.5. The minimum atomic E-state index is -0.741. The van der Waals surface area contributed by atoms with Gasteiger partial charge in [-0.05, 0) is 50.2 Å². The Bertz CT molecular complexity index is 666. The highest BCUT2D eigenvalue weighted by Crippen LogP contribution is 2.60. The van der Waals surface area contributed by atoms with Gasteiger partial charge in [-0.15, -0.1) is 0 Å². The SMILES string of the molecule is C[C@H]1[C@@H](Oc2ccccc2)O[C@@H]2O[C@@]3(C)CC[C@H]4[C@H](C)CC[C@@H]1[C@@]24OO3. The summed E-state index contributed by atoms with van der Waals surface area (Å²) in [5, 5.41) is 0. The second-order valence-corrected chi connectivity index (χ2v) is 8.70. The largest absolute Gasteiger partial charge is 0.465 e. The van der Waals surface area contributed by atoms with Crippen LogP contribution >= 0.6 is 0 Å². The van der Waals surface area contributed by atoms with Crippen LogP contribution in [0.5, 0.6) is 5.75 Å². The quantitative estimate of drug-likeness (QED) is 0.737. The molecule has 5 fully saturated rings. The molecule has 0 amide bonds. The molecule has 5 heteroatoms. The Balaban J connectivity index is 1.50. The van der Waals surface area contributed by atoms with Crippen molar-refractivity contribution < 1.29 is 24.0 Å². The van der Waals surface area contributed by atoms with E-state index in [1.54, 1.807) is 0 Å². The average molecular weight is 360 g/mol. The fraction of sp³-hybridized carbons (Fsp3) is 0.714. The van der Waals surface area contributed by atoms with Crippen LogP contribution in [0.2, 0.25) is 0 Å². The number of fused-ring (bicyclic) bond motifs is 2. The van der Waals surface area contributed by atoms with Crippen molar-refractivity contribution in [3.63, 3.8) is 0 Å². The number of rotatable bonds is 2. The van der Waals surface area contributed by atoms with Gasteiger partial charge in [0.25, 0.3) is 0 Å². The predicted octanol–water partition coefficient (Wildman–Crippen LogP) is 4.27. The molecule has 0 unspecified atom stereocenters. The summed E-state index contributed by atoms with van der Waals surface area (Å²) in [6.45, 7) is 6.48. The van der Waals surface area contributed by atoms with Crippen molar-refractivity contribution in [1.82, 2.24) is 0 Å². The molecule has 1 aromatic carbocycles. The first-order valence-electron chi connectivity index (χ1n) is 9.94. The van der Waals surface area contributed by atoms with E-state index in [0.717, 1.165) is 25.0 Å². The first-order valence-corrected chi connectivity index (χ1v) is 9.94. The molecule has 0 aromatic heterocycles. The molecule has 26 heavy (non-hydrogen) atoms. The topological polar surface area (TPSA) is 46.2 Å². The van der Waals surface area contributed by atoms with Crippen molar-refractivity contribution >= 4 is 0 Å². The van der Waals surface area contributed by atoms with Crippen LogP contribution in [0.25, 0.3) is 0 Å². The van der Waals surface area contributed by atoms with Crippen molar-refractivity contribution in [2.24, 2.45) is 23.7 Å². The van der Waals surface area contributed by atoms with E-state index in [4.69, 9.17) is 24.0 Å². The van der Waals surface area contributed by atoms with Crippen molar-refractivity contribution in [3.05, 3.63) is 30.3 Å². The summed E-state index contributed by atoms with van der Waals surface area (Å²) in [6.07, 6.45) is 3.35. The predicted molar refractivity (Wildman–Crippen MR) is 93.9 cm³/mol. The molecule has 5 aliphatic rings. The zero-order valence-corrected chi connectivity index (χ0v) is 15.7. The fourth-order valence-electron chi connectivity index (χ4n) is 5.64. The number of hydrogen-bond donors (Lipinski definition) is 0. The molecule has 6 rings (SSSR count). The number of para-hydroxylation sites is 1. The summed E-state index contributed by atoms with van der Waals surface area (Å²) < 4.78 is 19.0. The lowest BCUT2D eigenvalue weighted by Crippen LogP contribution is -2.70. The molecule has 4 saturated heterocycles. The second-order valence-electron chi connectivity index (χ2n) is 8.70. The molecule has 1 aliphatic carbocycles. The molecule has 4 aliphatic heterocycles. The first kappa shape index (κ1) is 17.0. The maximum atomic E-state index is 6.41. The molecule has 0 N–H and O–H groups in total. The summed E-state index contributed by atoms with van der Waals surface area (Å²) >= 11 is 0. The van der Waals surface area contributed by atoms with Crippen LogP contribution in [-0.4, -0.2) is 24.0 Å². The monoisotopic (exact) mass is 360 g/mol. The zero-order chi connectivity index (χ0) is 17.9. The van der Waals surface area contributed by atoms with Crippen LogP contribution < -0.4 is 4.74 Å². The molecule has 0 radical (unpaired) electrons. The van der Waals surface area contributed by atoms with Gasteiger partial charge in [-0.3, -0.25) is 0 Å². The Morgan fingerprint density at radius 3 is 2.62 bits per heavy atom. The van der Waals surface area contributed by atoms with Crippen LogP contribution in [0.3, 0.4) is 0 Å².